The zero-order chi connectivity index (χ0) is 13.3. The molecular weight excluding hydrogens is 302 g/mol. The number of hydrogen-bond donors (Lipinski definition) is 1. The van der Waals surface area contributed by atoms with Crippen molar-refractivity contribution in [3.8, 4) is 0 Å². The molecule has 2 rings (SSSR count). The van der Waals surface area contributed by atoms with Crippen LogP contribution < -0.4 is 4.90 Å². The molecule has 1 saturated heterocycles. The van der Waals surface area contributed by atoms with Gasteiger partial charge in [-0.1, -0.05) is 6.92 Å². The summed E-state index contributed by atoms with van der Waals surface area (Å²) >= 11 is 3.30. The van der Waals surface area contributed by atoms with Gasteiger partial charge in [-0.2, -0.15) is 0 Å². The topological polar surface area (TPSA) is 79.5 Å². The maximum atomic E-state index is 11.0. The maximum Gasteiger partial charge on any atom is 0.311 e. The molecule has 1 fully saturated rings. The average molecular weight is 316 g/mol. The van der Waals surface area contributed by atoms with Gasteiger partial charge in [0.25, 0.3) is 0 Å². The second kappa shape index (κ2) is 5.19. The van der Waals surface area contributed by atoms with E-state index in [-0.39, 0.29) is 11.6 Å². The van der Waals surface area contributed by atoms with E-state index in [0.717, 1.165) is 6.42 Å². The first kappa shape index (κ1) is 13.2. The van der Waals surface area contributed by atoms with Crippen LogP contribution in [0.2, 0.25) is 0 Å². The zero-order valence-electron chi connectivity index (χ0n) is 9.91. The van der Waals surface area contributed by atoms with Crippen LogP contribution in [0.5, 0.6) is 0 Å². The number of aliphatic hydroxyl groups excluding tert-OH is 1. The highest BCUT2D eigenvalue weighted by Crippen LogP contribution is 2.36. The van der Waals surface area contributed by atoms with Gasteiger partial charge in [-0.25, -0.2) is 0 Å². The van der Waals surface area contributed by atoms with Gasteiger partial charge in [0, 0.05) is 19.3 Å². The van der Waals surface area contributed by atoms with Crippen molar-refractivity contribution in [2.75, 3.05) is 18.0 Å². The molecular formula is C11H14BrN3O3. The van der Waals surface area contributed by atoms with Gasteiger partial charge in [-0.05, 0) is 28.3 Å². The summed E-state index contributed by atoms with van der Waals surface area (Å²) in [6.45, 7) is 3.09. The van der Waals surface area contributed by atoms with Crippen LogP contribution in [0.4, 0.5) is 11.4 Å². The Bertz CT molecular complexity index is 469. The van der Waals surface area contributed by atoms with Crippen LogP contribution >= 0.6 is 15.9 Å². The number of rotatable bonds is 2. The number of pyridine rings is 1. The van der Waals surface area contributed by atoms with Gasteiger partial charge in [-0.3, -0.25) is 15.1 Å². The molecule has 6 nitrogen and oxygen atoms in total. The Morgan fingerprint density at radius 2 is 2.33 bits per heavy atom. The van der Waals surface area contributed by atoms with Crippen molar-refractivity contribution in [2.24, 2.45) is 5.92 Å². The Morgan fingerprint density at radius 1 is 1.61 bits per heavy atom. The largest absolute Gasteiger partial charge is 0.391 e. The van der Waals surface area contributed by atoms with Crippen molar-refractivity contribution >= 4 is 27.3 Å². The number of nitrogens with zero attached hydrogens (tertiary/aromatic N) is 3. The van der Waals surface area contributed by atoms with Gasteiger partial charge in [0.2, 0.25) is 0 Å². The number of nitro groups is 1. The minimum absolute atomic E-state index is 0.0360. The molecule has 1 aliphatic rings. The number of hydrogen-bond acceptors (Lipinski definition) is 5. The van der Waals surface area contributed by atoms with E-state index in [1.165, 1.54) is 12.4 Å². The van der Waals surface area contributed by atoms with Gasteiger partial charge in [0.05, 0.1) is 15.5 Å². The quantitative estimate of drug-likeness (QED) is 0.666. The van der Waals surface area contributed by atoms with Crippen LogP contribution in [0, 0.1) is 16.0 Å². The highest BCUT2D eigenvalue weighted by Gasteiger charge is 2.30. The first-order chi connectivity index (χ1) is 8.50. The van der Waals surface area contributed by atoms with Crippen LogP contribution in [0.3, 0.4) is 0 Å². The summed E-state index contributed by atoms with van der Waals surface area (Å²) in [6.07, 6.45) is 3.13. The molecule has 0 radical (unpaired) electrons. The average Bonchev–Trinajstić information content (AvgIpc) is 2.32. The summed E-state index contributed by atoms with van der Waals surface area (Å²) in [5.41, 5.74) is 0.465. The molecule has 7 heteroatoms. The highest BCUT2D eigenvalue weighted by molar-refractivity contribution is 9.10. The third kappa shape index (κ3) is 2.46. The predicted molar refractivity (Wildman–Crippen MR) is 70.6 cm³/mol. The minimum atomic E-state index is -0.460. The fraction of sp³-hybridized carbons (Fsp3) is 0.545. The van der Waals surface area contributed by atoms with E-state index in [1.807, 2.05) is 11.8 Å². The van der Waals surface area contributed by atoms with Gasteiger partial charge >= 0.3 is 5.69 Å². The summed E-state index contributed by atoms with van der Waals surface area (Å²) in [5.74, 6) is 0.223. The van der Waals surface area contributed by atoms with Crippen LogP contribution in [0.15, 0.2) is 16.9 Å². The maximum absolute atomic E-state index is 11.0. The number of anilines is 1. The number of β-amino-alcohol motifs (C(OH)–C–C–N with tert-alkyl or cyclic N) is 1. The van der Waals surface area contributed by atoms with E-state index in [2.05, 4.69) is 20.9 Å². The summed E-state index contributed by atoms with van der Waals surface area (Å²) < 4.78 is 0.582. The van der Waals surface area contributed by atoms with Crippen molar-refractivity contribution in [3.05, 3.63) is 27.0 Å². The molecule has 0 spiro atoms. The molecule has 2 atom stereocenters. The molecule has 98 valence electrons. The summed E-state index contributed by atoms with van der Waals surface area (Å²) in [7, 11) is 0. The highest BCUT2D eigenvalue weighted by atomic mass is 79.9. The van der Waals surface area contributed by atoms with E-state index in [1.54, 1.807) is 0 Å². The molecule has 18 heavy (non-hydrogen) atoms. The van der Waals surface area contributed by atoms with E-state index in [4.69, 9.17) is 0 Å². The lowest BCUT2D eigenvalue weighted by atomic mass is 9.95. The van der Waals surface area contributed by atoms with E-state index >= 15 is 0 Å². The van der Waals surface area contributed by atoms with Crippen LogP contribution in [0.25, 0.3) is 0 Å². The van der Waals surface area contributed by atoms with Crippen molar-refractivity contribution < 1.29 is 10.0 Å². The number of aliphatic hydroxyl groups is 1. The molecule has 0 bridgehead atoms. The molecule has 0 amide bonds. The molecule has 1 N–H and O–H groups in total. The number of halogens is 1. The first-order valence-electron chi connectivity index (χ1n) is 5.71. The van der Waals surface area contributed by atoms with Gasteiger partial charge in [-0.15, -0.1) is 0 Å². The van der Waals surface area contributed by atoms with Gasteiger partial charge in [0.15, 0.2) is 0 Å². The fourth-order valence-corrected chi connectivity index (χ4v) is 2.69. The second-order valence-electron chi connectivity index (χ2n) is 4.53. The Morgan fingerprint density at radius 3 is 2.94 bits per heavy atom. The molecule has 1 aromatic heterocycles. The monoisotopic (exact) mass is 315 g/mol. The summed E-state index contributed by atoms with van der Waals surface area (Å²) in [5, 5.41) is 20.9. The lowest BCUT2D eigenvalue weighted by Crippen LogP contribution is -2.43. The normalized spacial score (nSPS) is 24.1. The number of aromatic nitrogens is 1. The Labute approximate surface area is 113 Å². The fourth-order valence-electron chi connectivity index (χ4n) is 2.12. The molecule has 0 saturated carbocycles. The summed E-state index contributed by atoms with van der Waals surface area (Å²) in [4.78, 5) is 16.2. The Kier molecular flexibility index (Phi) is 3.82. The SMILES string of the molecule is CC1CCN(c2c(Br)cncc2[N+](=O)[O-])CC1O. The lowest BCUT2D eigenvalue weighted by Gasteiger charge is -2.35. The predicted octanol–water partition coefficient (Wildman–Crippen LogP) is 1.96. The van der Waals surface area contributed by atoms with E-state index < -0.39 is 11.0 Å². The van der Waals surface area contributed by atoms with Crippen molar-refractivity contribution in [1.29, 1.82) is 0 Å². The molecule has 1 aliphatic heterocycles. The number of piperidine rings is 1. The molecule has 0 aliphatic carbocycles. The minimum Gasteiger partial charge on any atom is -0.391 e. The summed E-state index contributed by atoms with van der Waals surface area (Å²) in [6, 6.07) is 0. The third-order valence-electron chi connectivity index (χ3n) is 3.29. The van der Waals surface area contributed by atoms with E-state index in [9.17, 15) is 15.2 Å². The Balaban J connectivity index is 2.36. The lowest BCUT2D eigenvalue weighted by molar-refractivity contribution is -0.384. The van der Waals surface area contributed by atoms with Crippen LogP contribution in [0.1, 0.15) is 13.3 Å². The Hall–Kier alpha value is -1.21. The third-order valence-corrected chi connectivity index (χ3v) is 3.87. The molecule has 0 aromatic carbocycles. The van der Waals surface area contributed by atoms with Gasteiger partial charge in [0.1, 0.15) is 11.9 Å². The molecule has 2 heterocycles. The van der Waals surface area contributed by atoms with Crippen LogP contribution in [-0.2, 0) is 0 Å². The zero-order valence-corrected chi connectivity index (χ0v) is 11.5. The van der Waals surface area contributed by atoms with Crippen molar-refractivity contribution in [1.82, 2.24) is 4.98 Å². The molecule has 1 aromatic rings. The van der Waals surface area contributed by atoms with Crippen molar-refractivity contribution in [2.45, 2.75) is 19.4 Å². The van der Waals surface area contributed by atoms with Crippen LogP contribution in [-0.4, -0.2) is 34.2 Å². The standard InChI is InChI=1S/C11H14BrN3O3/c1-7-2-3-14(6-10(7)16)11-8(12)4-13-5-9(11)15(17)18/h4-5,7,10,16H,2-3,6H2,1H3. The smallest absolute Gasteiger partial charge is 0.311 e. The first-order valence-corrected chi connectivity index (χ1v) is 6.51. The second-order valence-corrected chi connectivity index (χ2v) is 5.38. The van der Waals surface area contributed by atoms with Gasteiger partial charge < -0.3 is 10.0 Å². The van der Waals surface area contributed by atoms with Crippen molar-refractivity contribution in [3.63, 3.8) is 0 Å². The molecule has 2 unspecified atom stereocenters. The van der Waals surface area contributed by atoms with E-state index in [0.29, 0.717) is 23.2 Å².